The number of halogens is 1. The molecule has 1 aromatic rings. The van der Waals surface area contributed by atoms with Crippen molar-refractivity contribution in [2.24, 2.45) is 0 Å². The smallest absolute Gasteiger partial charge is 0.191 e. The Morgan fingerprint density at radius 1 is 1.21 bits per heavy atom. The highest BCUT2D eigenvalue weighted by molar-refractivity contribution is 9.10. The largest absolute Gasteiger partial charge is 0.497 e. The van der Waals surface area contributed by atoms with Crippen molar-refractivity contribution in [3.63, 3.8) is 0 Å². The van der Waals surface area contributed by atoms with E-state index in [2.05, 4.69) is 55.9 Å². The minimum atomic E-state index is -1.64. The fraction of sp³-hybridized carbons (Fsp3) is 0.600. The predicted molar refractivity (Wildman–Crippen MR) is 87.5 cm³/mol. The fourth-order valence-electron chi connectivity index (χ4n) is 1.50. The maximum absolute atomic E-state index is 6.20. The lowest BCUT2D eigenvalue weighted by atomic mass is 10.1. The molecule has 0 atom stereocenters. The van der Waals surface area contributed by atoms with Gasteiger partial charge >= 0.3 is 0 Å². The Kier molecular flexibility index (Phi) is 5.65. The van der Waals surface area contributed by atoms with Crippen molar-refractivity contribution in [1.82, 2.24) is 0 Å². The van der Waals surface area contributed by atoms with Crippen molar-refractivity contribution in [3.05, 3.63) is 28.2 Å². The minimum absolute atomic E-state index is 0.263. The van der Waals surface area contributed by atoms with Gasteiger partial charge in [0, 0.05) is 11.1 Å². The molecule has 1 rings (SSSR count). The molecule has 19 heavy (non-hydrogen) atoms. The summed E-state index contributed by atoms with van der Waals surface area (Å²) in [6, 6.07) is 6.06. The Balaban J connectivity index is 2.63. The van der Waals surface area contributed by atoms with Gasteiger partial charge in [0.05, 0.1) is 7.11 Å². The molecular formula is C15H25BrO2Si. The molecule has 0 bridgehead atoms. The molecule has 0 radical (unpaired) electrons. The molecule has 0 N–H and O–H groups in total. The van der Waals surface area contributed by atoms with Crippen molar-refractivity contribution in [1.29, 1.82) is 0 Å². The predicted octanol–water partition coefficient (Wildman–Crippen LogP) is 5.02. The first kappa shape index (κ1) is 16.7. The Morgan fingerprint density at radius 3 is 2.37 bits per heavy atom. The van der Waals surface area contributed by atoms with Gasteiger partial charge in [0.2, 0.25) is 0 Å². The minimum Gasteiger partial charge on any atom is -0.497 e. The first-order chi connectivity index (χ1) is 8.67. The number of benzene rings is 1. The van der Waals surface area contributed by atoms with E-state index in [1.54, 1.807) is 7.11 Å². The standard InChI is InChI=1S/C15H25BrO2Si/c1-15(2,3)19(5,6)18-10-9-12-11-13(17-4)7-8-14(12)16/h7-8,11H,9-10H2,1-6H3. The van der Waals surface area contributed by atoms with Crippen molar-refractivity contribution in [2.45, 2.75) is 45.3 Å². The summed E-state index contributed by atoms with van der Waals surface area (Å²) in [5.41, 5.74) is 1.23. The number of hydrogen-bond donors (Lipinski definition) is 0. The molecule has 0 aromatic heterocycles. The van der Waals surface area contributed by atoms with Crippen LogP contribution in [0.15, 0.2) is 22.7 Å². The zero-order valence-corrected chi connectivity index (χ0v) is 15.4. The normalized spacial score (nSPS) is 12.6. The zero-order chi connectivity index (χ0) is 14.7. The molecule has 0 aliphatic carbocycles. The summed E-state index contributed by atoms with van der Waals surface area (Å²) in [4.78, 5) is 0. The summed E-state index contributed by atoms with van der Waals surface area (Å²) in [5, 5.41) is 0.263. The van der Waals surface area contributed by atoms with Crippen LogP contribution in [0.3, 0.4) is 0 Å². The van der Waals surface area contributed by atoms with Gasteiger partial charge in [-0.2, -0.15) is 0 Å². The third kappa shape index (κ3) is 4.62. The van der Waals surface area contributed by atoms with Crippen molar-refractivity contribution in [2.75, 3.05) is 13.7 Å². The van der Waals surface area contributed by atoms with Gasteiger partial charge < -0.3 is 9.16 Å². The Hall–Kier alpha value is -0.323. The molecule has 0 fully saturated rings. The summed E-state index contributed by atoms with van der Waals surface area (Å²) in [7, 11) is 0.0490. The van der Waals surface area contributed by atoms with Gasteiger partial charge in [-0.3, -0.25) is 0 Å². The summed E-state index contributed by atoms with van der Waals surface area (Å²) in [6.45, 7) is 12.1. The first-order valence-electron chi connectivity index (χ1n) is 6.64. The number of rotatable bonds is 5. The lowest BCUT2D eigenvalue weighted by Crippen LogP contribution is -2.41. The van der Waals surface area contributed by atoms with Crippen LogP contribution in [-0.2, 0) is 10.8 Å². The summed E-state index contributed by atoms with van der Waals surface area (Å²) >= 11 is 3.58. The van der Waals surface area contributed by atoms with E-state index in [1.165, 1.54) is 5.56 Å². The van der Waals surface area contributed by atoms with E-state index in [0.29, 0.717) is 0 Å². The average molecular weight is 345 g/mol. The zero-order valence-electron chi connectivity index (χ0n) is 12.8. The number of methoxy groups -OCH3 is 1. The van der Waals surface area contributed by atoms with E-state index in [9.17, 15) is 0 Å². The second-order valence-corrected chi connectivity index (χ2v) is 12.0. The van der Waals surface area contributed by atoms with Crippen LogP contribution < -0.4 is 4.74 Å². The lowest BCUT2D eigenvalue weighted by molar-refractivity contribution is 0.291. The van der Waals surface area contributed by atoms with Gasteiger partial charge in [0.25, 0.3) is 0 Å². The van der Waals surface area contributed by atoms with E-state index in [-0.39, 0.29) is 5.04 Å². The van der Waals surface area contributed by atoms with E-state index in [4.69, 9.17) is 9.16 Å². The van der Waals surface area contributed by atoms with Crippen LogP contribution in [0.1, 0.15) is 26.3 Å². The molecule has 0 unspecified atom stereocenters. The van der Waals surface area contributed by atoms with Crippen LogP contribution in [0.2, 0.25) is 18.1 Å². The fourth-order valence-corrected chi connectivity index (χ4v) is 2.99. The van der Waals surface area contributed by atoms with Gasteiger partial charge in [-0.05, 0) is 48.3 Å². The lowest BCUT2D eigenvalue weighted by Gasteiger charge is -2.36. The second-order valence-electron chi connectivity index (χ2n) is 6.32. The molecule has 1 aromatic carbocycles. The van der Waals surface area contributed by atoms with Crippen LogP contribution in [0.4, 0.5) is 0 Å². The highest BCUT2D eigenvalue weighted by Crippen LogP contribution is 2.36. The third-order valence-corrected chi connectivity index (χ3v) is 9.21. The van der Waals surface area contributed by atoms with Crippen molar-refractivity contribution < 1.29 is 9.16 Å². The summed E-state index contributed by atoms with van der Waals surface area (Å²) in [5.74, 6) is 0.894. The van der Waals surface area contributed by atoms with Crippen LogP contribution in [0.5, 0.6) is 5.75 Å². The molecule has 4 heteroatoms. The summed E-state index contributed by atoms with van der Waals surface area (Å²) < 4.78 is 12.6. The highest BCUT2D eigenvalue weighted by Gasteiger charge is 2.36. The Bertz CT molecular complexity index is 425. The molecule has 0 saturated carbocycles. The Labute approximate surface area is 126 Å². The van der Waals surface area contributed by atoms with E-state index in [0.717, 1.165) is 23.2 Å². The van der Waals surface area contributed by atoms with Crippen LogP contribution >= 0.6 is 15.9 Å². The van der Waals surface area contributed by atoms with E-state index in [1.807, 2.05) is 12.1 Å². The summed E-state index contributed by atoms with van der Waals surface area (Å²) in [6.07, 6.45) is 0.907. The SMILES string of the molecule is COc1ccc(Br)c(CCO[Si](C)(C)C(C)(C)C)c1. The molecule has 0 aliphatic rings. The molecular weight excluding hydrogens is 320 g/mol. The van der Waals surface area contributed by atoms with E-state index >= 15 is 0 Å². The quantitative estimate of drug-likeness (QED) is 0.698. The molecule has 0 aliphatic heterocycles. The maximum atomic E-state index is 6.20. The van der Waals surface area contributed by atoms with Gasteiger partial charge in [-0.1, -0.05) is 36.7 Å². The third-order valence-electron chi connectivity index (χ3n) is 3.89. The number of ether oxygens (including phenoxy) is 1. The number of hydrogen-bond acceptors (Lipinski definition) is 2. The molecule has 0 heterocycles. The monoisotopic (exact) mass is 344 g/mol. The van der Waals surface area contributed by atoms with Gasteiger partial charge in [-0.15, -0.1) is 0 Å². The van der Waals surface area contributed by atoms with Gasteiger partial charge in [0.15, 0.2) is 8.32 Å². The average Bonchev–Trinajstić information content (AvgIpc) is 2.30. The molecule has 0 spiro atoms. The molecule has 0 saturated heterocycles. The van der Waals surface area contributed by atoms with E-state index < -0.39 is 8.32 Å². The maximum Gasteiger partial charge on any atom is 0.191 e. The topological polar surface area (TPSA) is 18.5 Å². The molecule has 108 valence electrons. The van der Waals surface area contributed by atoms with Crippen molar-refractivity contribution >= 4 is 24.2 Å². The van der Waals surface area contributed by atoms with Gasteiger partial charge in [-0.25, -0.2) is 0 Å². The Morgan fingerprint density at radius 2 is 1.84 bits per heavy atom. The highest BCUT2D eigenvalue weighted by atomic mass is 79.9. The van der Waals surface area contributed by atoms with Crippen molar-refractivity contribution in [3.8, 4) is 5.75 Å². The molecule has 2 nitrogen and oxygen atoms in total. The van der Waals surface area contributed by atoms with Gasteiger partial charge in [0.1, 0.15) is 5.75 Å². The second kappa shape index (κ2) is 6.42. The van der Waals surface area contributed by atoms with Crippen LogP contribution in [0.25, 0.3) is 0 Å². The first-order valence-corrected chi connectivity index (χ1v) is 10.3. The van der Waals surface area contributed by atoms with Crippen LogP contribution in [-0.4, -0.2) is 22.0 Å². The molecule has 0 amide bonds. The van der Waals surface area contributed by atoms with Crippen LogP contribution in [0, 0.1) is 0 Å².